The fourth-order valence-corrected chi connectivity index (χ4v) is 6.13. The molecule has 3 rings (SSSR count). The Morgan fingerprint density at radius 1 is 1.12 bits per heavy atom. The standard InChI is InChI=1S/C17H16FNO2S3/c1-11-10-16(12(2)23-11)24(20,21)19-17(15-4-3-9-22-15)13-5-7-14(18)8-6-13/h3-10,17,19H,1-2H3. The van der Waals surface area contributed by atoms with E-state index in [0.29, 0.717) is 10.5 Å². The molecule has 24 heavy (non-hydrogen) atoms. The highest BCUT2D eigenvalue weighted by Gasteiger charge is 2.26. The molecule has 1 N–H and O–H groups in total. The monoisotopic (exact) mass is 381 g/mol. The van der Waals surface area contributed by atoms with Crippen molar-refractivity contribution in [2.24, 2.45) is 0 Å². The molecule has 0 radical (unpaired) electrons. The third kappa shape index (κ3) is 3.59. The molecule has 7 heteroatoms. The highest BCUT2D eigenvalue weighted by Crippen LogP contribution is 2.30. The number of halogens is 1. The van der Waals surface area contributed by atoms with Gasteiger partial charge in [0.1, 0.15) is 5.82 Å². The zero-order valence-corrected chi connectivity index (χ0v) is 15.6. The number of nitrogens with one attached hydrogen (secondary N) is 1. The van der Waals surface area contributed by atoms with Crippen molar-refractivity contribution in [3.05, 3.63) is 73.9 Å². The Hall–Kier alpha value is -1.54. The lowest BCUT2D eigenvalue weighted by Crippen LogP contribution is -2.29. The summed E-state index contributed by atoms with van der Waals surface area (Å²) < 4.78 is 41.7. The first-order chi connectivity index (χ1) is 11.4. The van der Waals surface area contributed by atoms with Crippen molar-refractivity contribution >= 4 is 32.7 Å². The summed E-state index contributed by atoms with van der Waals surface area (Å²) in [7, 11) is -3.68. The van der Waals surface area contributed by atoms with Crippen LogP contribution in [0.3, 0.4) is 0 Å². The molecule has 0 spiro atoms. The van der Waals surface area contributed by atoms with E-state index in [1.807, 2.05) is 24.4 Å². The first kappa shape index (κ1) is 17.3. The summed E-state index contributed by atoms with van der Waals surface area (Å²) in [5, 5.41) is 1.89. The predicted molar refractivity (Wildman–Crippen MR) is 96.7 cm³/mol. The maximum atomic E-state index is 13.2. The van der Waals surface area contributed by atoms with Crippen LogP contribution in [-0.2, 0) is 10.0 Å². The van der Waals surface area contributed by atoms with E-state index in [1.165, 1.54) is 34.8 Å². The van der Waals surface area contributed by atoms with Crippen LogP contribution in [0.1, 0.15) is 26.2 Å². The van der Waals surface area contributed by atoms with E-state index in [4.69, 9.17) is 0 Å². The van der Waals surface area contributed by atoms with Crippen LogP contribution < -0.4 is 4.72 Å². The molecule has 0 saturated carbocycles. The van der Waals surface area contributed by atoms with Gasteiger partial charge in [-0.05, 0) is 49.1 Å². The van der Waals surface area contributed by atoms with Gasteiger partial charge >= 0.3 is 0 Å². The van der Waals surface area contributed by atoms with Gasteiger partial charge in [0.25, 0.3) is 0 Å². The van der Waals surface area contributed by atoms with Gasteiger partial charge in [-0.1, -0.05) is 18.2 Å². The summed E-state index contributed by atoms with van der Waals surface area (Å²) >= 11 is 2.91. The second-order valence-electron chi connectivity index (χ2n) is 5.40. The molecule has 0 aliphatic heterocycles. The topological polar surface area (TPSA) is 46.2 Å². The molecule has 126 valence electrons. The summed E-state index contributed by atoms with van der Waals surface area (Å²) in [4.78, 5) is 2.86. The Kier molecular flexibility index (Phi) is 4.87. The minimum atomic E-state index is -3.68. The van der Waals surface area contributed by atoms with Crippen molar-refractivity contribution in [2.75, 3.05) is 0 Å². The van der Waals surface area contributed by atoms with Crippen molar-refractivity contribution in [3.63, 3.8) is 0 Å². The number of thiophene rings is 2. The van der Waals surface area contributed by atoms with Crippen LogP contribution in [0.4, 0.5) is 4.39 Å². The Morgan fingerprint density at radius 2 is 1.83 bits per heavy atom. The molecule has 0 aliphatic rings. The molecule has 1 aromatic carbocycles. The van der Waals surface area contributed by atoms with Gasteiger partial charge < -0.3 is 0 Å². The number of hydrogen-bond acceptors (Lipinski definition) is 4. The maximum absolute atomic E-state index is 13.2. The molecule has 3 nitrogen and oxygen atoms in total. The van der Waals surface area contributed by atoms with Gasteiger partial charge in [-0.3, -0.25) is 0 Å². The Balaban J connectivity index is 2.01. The lowest BCUT2D eigenvalue weighted by molar-refractivity contribution is 0.573. The van der Waals surface area contributed by atoms with Gasteiger partial charge in [0, 0.05) is 14.6 Å². The van der Waals surface area contributed by atoms with Crippen LogP contribution >= 0.6 is 22.7 Å². The third-order valence-electron chi connectivity index (χ3n) is 3.59. The van der Waals surface area contributed by atoms with E-state index in [-0.39, 0.29) is 5.82 Å². The predicted octanol–water partition coefficient (Wildman–Crippen LogP) is 4.63. The van der Waals surface area contributed by atoms with Gasteiger partial charge in [0.15, 0.2) is 0 Å². The second kappa shape index (κ2) is 6.76. The third-order valence-corrected chi connectivity index (χ3v) is 7.17. The summed E-state index contributed by atoms with van der Waals surface area (Å²) in [6.07, 6.45) is 0. The fraction of sp³-hybridized carbons (Fsp3) is 0.176. The minimum Gasteiger partial charge on any atom is -0.207 e. The lowest BCUT2D eigenvalue weighted by Gasteiger charge is -2.18. The number of hydrogen-bond donors (Lipinski definition) is 1. The summed E-state index contributed by atoms with van der Waals surface area (Å²) in [6, 6.07) is 10.8. The minimum absolute atomic E-state index is 0.300. The van der Waals surface area contributed by atoms with Crippen LogP contribution in [0, 0.1) is 19.7 Å². The van der Waals surface area contributed by atoms with E-state index in [1.54, 1.807) is 25.1 Å². The zero-order valence-electron chi connectivity index (χ0n) is 13.1. The summed E-state index contributed by atoms with van der Waals surface area (Å²) in [5.41, 5.74) is 0.701. The zero-order chi connectivity index (χ0) is 17.3. The van der Waals surface area contributed by atoms with Crippen LogP contribution in [0.25, 0.3) is 0 Å². The van der Waals surface area contributed by atoms with E-state index in [9.17, 15) is 12.8 Å². The van der Waals surface area contributed by atoms with Crippen molar-refractivity contribution < 1.29 is 12.8 Å². The number of aryl methyl sites for hydroxylation is 2. The van der Waals surface area contributed by atoms with Crippen LogP contribution in [0.2, 0.25) is 0 Å². The van der Waals surface area contributed by atoms with Gasteiger partial charge in [0.05, 0.1) is 10.9 Å². The second-order valence-corrected chi connectivity index (χ2v) is 9.52. The molecule has 3 aromatic rings. The first-order valence-electron chi connectivity index (χ1n) is 7.25. The fourth-order valence-electron chi connectivity index (χ4n) is 2.49. The smallest absolute Gasteiger partial charge is 0.207 e. The molecule has 1 atom stereocenters. The van der Waals surface area contributed by atoms with Crippen molar-refractivity contribution in [3.8, 4) is 0 Å². The normalized spacial score (nSPS) is 13.1. The molecule has 0 bridgehead atoms. The molecule has 0 amide bonds. The molecule has 0 fully saturated rings. The quantitative estimate of drug-likeness (QED) is 0.700. The largest absolute Gasteiger partial charge is 0.242 e. The Labute approximate surface area is 148 Å². The van der Waals surface area contributed by atoms with Gasteiger partial charge in [-0.25, -0.2) is 12.8 Å². The molecule has 0 aliphatic carbocycles. The number of rotatable bonds is 5. The molecular weight excluding hydrogens is 365 g/mol. The van der Waals surface area contributed by atoms with Crippen LogP contribution in [0.15, 0.2) is 52.7 Å². The van der Waals surface area contributed by atoms with E-state index >= 15 is 0 Å². The average molecular weight is 382 g/mol. The van der Waals surface area contributed by atoms with Crippen molar-refractivity contribution in [2.45, 2.75) is 24.8 Å². The van der Waals surface area contributed by atoms with Crippen LogP contribution in [-0.4, -0.2) is 8.42 Å². The van der Waals surface area contributed by atoms with Crippen LogP contribution in [0.5, 0.6) is 0 Å². The number of sulfonamides is 1. The molecular formula is C17H16FNO2S3. The molecule has 0 saturated heterocycles. The maximum Gasteiger partial charge on any atom is 0.242 e. The number of benzene rings is 1. The SMILES string of the molecule is Cc1cc(S(=O)(=O)NC(c2ccc(F)cc2)c2cccs2)c(C)s1. The van der Waals surface area contributed by atoms with E-state index < -0.39 is 16.1 Å². The highest BCUT2D eigenvalue weighted by molar-refractivity contribution is 7.89. The van der Waals surface area contributed by atoms with Gasteiger partial charge in [-0.2, -0.15) is 4.72 Å². The highest BCUT2D eigenvalue weighted by atomic mass is 32.2. The van der Waals surface area contributed by atoms with Gasteiger partial charge in [-0.15, -0.1) is 22.7 Å². The summed E-state index contributed by atoms with van der Waals surface area (Å²) in [5.74, 6) is -0.351. The van der Waals surface area contributed by atoms with Crippen molar-refractivity contribution in [1.29, 1.82) is 0 Å². The first-order valence-corrected chi connectivity index (χ1v) is 10.4. The van der Waals surface area contributed by atoms with E-state index in [2.05, 4.69) is 4.72 Å². The lowest BCUT2D eigenvalue weighted by atomic mass is 10.1. The summed E-state index contributed by atoms with van der Waals surface area (Å²) in [6.45, 7) is 3.68. The molecule has 2 aromatic heterocycles. The van der Waals surface area contributed by atoms with Gasteiger partial charge in [0.2, 0.25) is 10.0 Å². The Bertz CT molecular complexity index is 929. The molecule has 1 unspecified atom stereocenters. The van der Waals surface area contributed by atoms with E-state index in [0.717, 1.165) is 14.6 Å². The Morgan fingerprint density at radius 3 is 2.38 bits per heavy atom. The molecule has 2 heterocycles. The average Bonchev–Trinajstić information content (AvgIpc) is 3.16. The van der Waals surface area contributed by atoms with Crippen molar-refractivity contribution in [1.82, 2.24) is 4.72 Å².